The van der Waals surface area contributed by atoms with Crippen molar-refractivity contribution in [1.82, 2.24) is 4.90 Å². The molecule has 0 radical (unpaired) electrons. The summed E-state index contributed by atoms with van der Waals surface area (Å²) in [6.45, 7) is 18.3. The highest BCUT2D eigenvalue weighted by atomic mass is 15.2. The molecule has 74 valence electrons. The topological polar surface area (TPSA) is 3.24 Å². The normalized spacial score (nSPS) is 13.8. The third kappa shape index (κ3) is 3.10. The fraction of sp³-hybridized carbons (Fsp3) is 0.500. The van der Waals surface area contributed by atoms with Gasteiger partial charge in [-0.1, -0.05) is 24.8 Å². The average molecular weight is 179 g/mol. The minimum absolute atomic E-state index is 0.327. The van der Waals surface area contributed by atoms with Crippen molar-refractivity contribution >= 4 is 0 Å². The monoisotopic (exact) mass is 179 g/mol. The van der Waals surface area contributed by atoms with Crippen LogP contribution in [0.3, 0.4) is 0 Å². The van der Waals surface area contributed by atoms with Gasteiger partial charge >= 0.3 is 0 Å². The fourth-order valence-electron chi connectivity index (χ4n) is 1.30. The van der Waals surface area contributed by atoms with Crippen molar-refractivity contribution in [3.8, 4) is 0 Å². The molecular formula is C12H21N. The van der Waals surface area contributed by atoms with Crippen LogP contribution in [0.15, 0.2) is 36.2 Å². The van der Waals surface area contributed by atoms with E-state index in [9.17, 15) is 0 Å². The van der Waals surface area contributed by atoms with Crippen LogP contribution in [0.4, 0.5) is 0 Å². The summed E-state index contributed by atoms with van der Waals surface area (Å²) in [7, 11) is 0. The second-order valence-corrected chi connectivity index (χ2v) is 3.56. The highest BCUT2D eigenvalue weighted by Gasteiger charge is 2.14. The van der Waals surface area contributed by atoms with Gasteiger partial charge in [-0.15, -0.1) is 0 Å². The van der Waals surface area contributed by atoms with Gasteiger partial charge < -0.3 is 4.90 Å². The summed E-state index contributed by atoms with van der Waals surface area (Å²) >= 11 is 0. The molecule has 0 saturated carbocycles. The van der Waals surface area contributed by atoms with Crippen LogP contribution in [0.2, 0.25) is 0 Å². The molecule has 0 spiro atoms. The maximum atomic E-state index is 3.97. The second kappa shape index (κ2) is 4.90. The van der Waals surface area contributed by atoms with E-state index in [1.165, 1.54) is 5.70 Å². The first-order valence-electron chi connectivity index (χ1n) is 4.64. The maximum absolute atomic E-state index is 3.97. The van der Waals surface area contributed by atoms with Crippen molar-refractivity contribution in [2.24, 2.45) is 0 Å². The molecule has 0 fully saturated rings. The van der Waals surface area contributed by atoms with Crippen LogP contribution < -0.4 is 0 Å². The predicted molar refractivity (Wildman–Crippen MR) is 60.4 cm³/mol. The highest BCUT2D eigenvalue weighted by Crippen LogP contribution is 2.19. The van der Waals surface area contributed by atoms with Crippen LogP contribution in [0, 0.1) is 0 Å². The van der Waals surface area contributed by atoms with Gasteiger partial charge in [0.25, 0.3) is 0 Å². The van der Waals surface area contributed by atoms with Gasteiger partial charge in [0, 0.05) is 11.4 Å². The Morgan fingerprint density at radius 3 is 1.92 bits per heavy atom. The Morgan fingerprint density at radius 2 is 1.69 bits per heavy atom. The molecule has 0 heterocycles. The van der Waals surface area contributed by atoms with Crippen LogP contribution in [-0.4, -0.2) is 10.9 Å². The van der Waals surface area contributed by atoms with E-state index in [0.717, 1.165) is 11.3 Å². The summed E-state index contributed by atoms with van der Waals surface area (Å²) in [5, 5.41) is 0. The first-order valence-corrected chi connectivity index (χ1v) is 4.64. The molecule has 0 aliphatic carbocycles. The van der Waals surface area contributed by atoms with Crippen molar-refractivity contribution in [3.05, 3.63) is 36.2 Å². The van der Waals surface area contributed by atoms with E-state index in [2.05, 4.69) is 38.0 Å². The van der Waals surface area contributed by atoms with Crippen LogP contribution in [0.1, 0.15) is 34.6 Å². The summed E-state index contributed by atoms with van der Waals surface area (Å²) < 4.78 is 0. The van der Waals surface area contributed by atoms with Gasteiger partial charge in [-0.2, -0.15) is 0 Å². The minimum atomic E-state index is 0.327. The molecular weight excluding hydrogens is 158 g/mol. The lowest BCUT2D eigenvalue weighted by Crippen LogP contribution is -2.30. The van der Waals surface area contributed by atoms with Crippen LogP contribution in [0.5, 0.6) is 0 Å². The van der Waals surface area contributed by atoms with E-state index in [1.807, 2.05) is 20.8 Å². The molecule has 1 heteroatoms. The zero-order valence-electron chi connectivity index (χ0n) is 9.52. The molecule has 0 aromatic heterocycles. The first kappa shape index (κ1) is 12.0. The third-order valence-electron chi connectivity index (χ3n) is 2.31. The quantitative estimate of drug-likeness (QED) is 0.595. The molecule has 0 rings (SSSR count). The van der Waals surface area contributed by atoms with Crippen molar-refractivity contribution in [1.29, 1.82) is 0 Å². The number of hydrogen-bond acceptors (Lipinski definition) is 1. The number of hydrogen-bond donors (Lipinski definition) is 0. The molecule has 0 bridgehead atoms. The molecule has 0 aliphatic rings. The summed E-state index contributed by atoms with van der Waals surface area (Å²) in [4.78, 5) is 2.20. The summed E-state index contributed by atoms with van der Waals surface area (Å²) in [6, 6.07) is 0.327. The van der Waals surface area contributed by atoms with Crippen LogP contribution in [-0.2, 0) is 0 Å². The van der Waals surface area contributed by atoms with Gasteiger partial charge in [-0.3, -0.25) is 0 Å². The number of allylic oxidation sites excluding steroid dienone is 3. The summed E-state index contributed by atoms with van der Waals surface area (Å²) in [6.07, 6.45) is 2.09. The SMILES string of the molecule is C=C(C)C(C)N(C(=C)C)/C(C)=C\C. The van der Waals surface area contributed by atoms with Gasteiger partial charge in [0.2, 0.25) is 0 Å². The van der Waals surface area contributed by atoms with E-state index < -0.39 is 0 Å². The Bertz CT molecular complexity index is 236. The van der Waals surface area contributed by atoms with Crippen molar-refractivity contribution in [2.75, 3.05) is 0 Å². The molecule has 1 nitrogen and oxygen atoms in total. The fourth-order valence-corrected chi connectivity index (χ4v) is 1.30. The zero-order valence-corrected chi connectivity index (χ0v) is 9.52. The van der Waals surface area contributed by atoms with Gasteiger partial charge in [-0.05, 0) is 34.6 Å². The van der Waals surface area contributed by atoms with Crippen molar-refractivity contribution in [2.45, 2.75) is 40.7 Å². The van der Waals surface area contributed by atoms with Gasteiger partial charge in [0.15, 0.2) is 0 Å². The van der Waals surface area contributed by atoms with Crippen LogP contribution in [0.25, 0.3) is 0 Å². The Balaban J connectivity index is 4.82. The summed E-state index contributed by atoms with van der Waals surface area (Å²) in [5.74, 6) is 0. The molecule has 1 unspecified atom stereocenters. The van der Waals surface area contributed by atoms with Gasteiger partial charge in [0.05, 0.1) is 6.04 Å². The van der Waals surface area contributed by atoms with E-state index >= 15 is 0 Å². The van der Waals surface area contributed by atoms with E-state index in [-0.39, 0.29) is 0 Å². The lowest BCUT2D eigenvalue weighted by atomic mass is 10.1. The zero-order chi connectivity index (χ0) is 10.6. The smallest absolute Gasteiger partial charge is 0.0511 e. The van der Waals surface area contributed by atoms with Gasteiger partial charge in [0.1, 0.15) is 0 Å². The Kier molecular flexibility index (Phi) is 4.53. The van der Waals surface area contributed by atoms with Crippen molar-refractivity contribution in [3.63, 3.8) is 0 Å². The lowest BCUT2D eigenvalue weighted by Gasteiger charge is -2.32. The highest BCUT2D eigenvalue weighted by molar-refractivity contribution is 5.14. The molecule has 0 saturated heterocycles. The first-order chi connectivity index (χ1) is 5.91. The second-order valence-electron chi connectivity index (χ2n) is 3.56. The minimum Gasteiger partial charge on any atom is -0.343 e. The average Bonchev–Trinajstić information content (AvgIpc) is 2.03. The van der Waals surface area contributed by atoms with E-state index in [0.29, 0.717) is 6.04 Å². The van der Waals surface area contributed by atoms with Crippen LogP contribution >= 0.6 is 0 Å². The standard InChI is InChI=1S/C12H21N/c1-8-11(6)13(10(4)5)12(7)9(2)3/h8,12H,2,4H2,1,3,5-7H3/b11-8-. The number of rotatable bonds is 4. The predicted octanol–water partition coefficient (Wildman–Crippen LogP) is 3.71. The third-order valence-corrected chi connectivity index (χ3v) is 2.31. The summed E-state index contributed by atoms with van der Waals surface area (Å²) in [5.41, 5.74) is 3.44. The molecule has 0 amide bonds. The molecule has 1 atom stereocenters. The van der Waals surface area contributed by atoms with E-state index in [1.54, 1.807) is 0 Å². The molecule has 0 aromatic rings. The molecule has 0 aromatic carbocycles. The lowest BCUT2D eigenvalue weighted by molar-refractivity contribution is 0.371. The Labute approximate surface area is 82.4 Å². The largest absolute Gasteiger partial charge is 0.343 e. The number of nitrogens with zero attached hydrogens (tertiary/aromatic N) is 1. The van der Waals surface area contributed by atoms with E-state index in [4.69, 9.17) is 0 Å². The Hall–Kier alpha value is -0.980. The molecule has 13 heavy (non-hydrogen) atoms. The maximum Gasteiger partial charge on any atom is 0.0511 e. The molecule has 0 aliphatic heterocycles. The Morgan fingerprint density at radius 1 is 1.23 bits per heavy atom. The molecule has 0 N–H and O–H groups in total. The van der Waals surface area contributed by atoms with Crippen molar-refractivity contribution < 1.29 is 0 Å². The van der Waals surface area contributed by atoms with Gasteiger partial charge in [-0.25, -0.2) is 0 Å².